The van der Waals surface area contributed by atoms with Crippen molar-refractivity contribution in [2.45, 2.75) is 13.5 Å². The molecule has 0 saturated carbocycles. The summed E-state index contributed by atoms with van der Waals surface area (Å²) in [6.45, 7) is 2.22. The zero-order valence-corrected chi connectivity index (χ0v) is 13.5. The van der Waals surface area contributed by atoms with Gasteiger partial charge in [-0.2, -0.15) is 5.10 Å². The molecule has 0 fully saturated rings. The van der Waals surface area contributed by atoms with Gasteiger partial charge in [0.15, 0.2) is 0 Å². The zero-order chi connectivity index (χ0) is 14.2. The summed E-state index contributed by atoms with van der Waals surface area (Å²) in [6, 6.07) is 3.33. The van der Waals surface area contributed by atoms with Gasteiger partial charge >= 0.3 is 0 Å². The number of hydrogen-bond acceptors (Lipinski definition) is 3. The van der Waals surface area contributed by atoms with Gasteiger partial charge in [-0.1, -0.05) is 23.2 Å². The highest BCUT2D eigenvalue weighted by atomic mass is 79.9. The third-order valence-electron chi connectivity index (χ3n) is 2.67. The molecule has 0 saturated heterocycles. The summed E-state index contributed by atoms with van der Waals surface area (Å²) in [6.07, 6.45) is 0. The van der Waals surface area contributed by atoms with Gasteiger partial charge in [0, 0.05) is 24.1 Å². The van der Waals surface area contributed by atoms with E-state index in [9.17, 15) is 0 Å². The molecule has 102 valence electrons. The fourth-order valence-corrected chi connectivity index (χ4v) is 2.56. The Balaban J connectivity index is 2.44. The van der Waals surface area contributed by atoms with Crippen LogP contribution in [0.15, 0.2) is 16.6 Å². The van der Waals surface area contributed by atoms with Crippen LogP contribution in [-0.4, -0.2) is 9.78 Å². The predicted octanol–water partition coefficient (Wildman–Crippen LogP) is 4.05. The van der Waals surface area contributed by atoms with Gasteiger partial charge in [-0.3, -0.25) is 0 Å². The van der Waals surface area contributed by atoms with Crippen molar-refractivity contribution < 1.29 is 4.74 Å². The van der Waals surface area contributed by atoms with Crippen molar-refractivity contribution in [1.29, 1.82) is 0 Å². The minimum Gasteiger partial charge on any atom is -0.437 e. The zero-order valence-electron chi connectivity index (χ0n) is 10.4. The molecule has 2 aromatic rings. The lowest BCUT2D eigenvalue weighted by Gasteiger charge is -2.10. The van der Waals surface area contributed by atoms with E-state index in [1.807, 2.05) is 6.92 Å². The molecule has 0 bridgehead atoms. The second-order valence-electron chi connectivity index (χ2n) is 4.00. The summed E-state index contributed by atoms with van der Waals surface area (Å²) < 4.78 is 8.15. The summed E-state index contributed by atoms with van der Waals surface area (Å²) in [7, 11) is 1.79. The minimum atomic E-state index is 0.344. The number of hydrogen-bond donors (Lipinski definition) is 1. The number of rotatable bonds is 3. The summed E-state index contributed by atoms with van der Waals surface area (Å²) in [5.74, 6) is 1.04. The number of aryl methyl sites for hydroxylation is 2. The molecule has 0 aliphatic carbocycles. The Kier molecular flexibility index (Phi) is 4.40. The Morgan fingerprint density at radius 3 is 2.68 bits per heavy atom. The van der Waals surface area contributed by atoms with E-state index in [0.29, 0.717) is 32.7 Å². The fraction of sp³-hybridized carbons (Fsp3) is 0.250. The van der Waals surface area contributed by atoms with Crippen molar-refractivity contribution in [3.63, 3.8) is 0 Å². The van der Waals surface area contributed by atoms with Gasteiger partial charge < -0.3 is 10.5 Å². The number of benzene rings is 1. The quantitative estimate of drug-likeness (QED) is 0.836. The highest BCUT2D eigenvalue weighted by molar-refractivity contribution is 9.10. The van der Waals surface area contributed by atoms with Gasteiger partial charge in [-0.25, -0.2) is 4.68 Å². The monoisotopic (exact) mass is 363 g/mol. The Hall–Kier alpha value is -0.750. The number of aromatic nitrogens is 2. The average Bonchev–Trinajstić information content (AvgIpc) is 2.60. The van der Waals surface area contributed by atoms with Crippen molar-refractivity contribution in [2.24, 2.45) is 12.8 Å². The van der Waals surface area contributed by atoms with Gasteiger partial charge in [0.25, 0.3) is 0 Å². The van der Waals surface area contributed by atoms with Crippen LogP contribution in [0.25, 0.3) is 0 Å². The van der Waals surface area contributed by atoms with Crippen LogP contribution in [0.2, 0.25) is 10.0 Å². The molecule has 0 unspecified atom stereocenters. The molecule has 19 heavy (non-hydrogen) atoms. The van der Waals surface area contributed by atoms with Crippen LogP contribution >= 0.6 is 39.1 Å². The molecule has 0 aliphatic rings. The smallest absolute Gasteiger partial charge is 0.222 e. The first-order valence-electron chi connectivity index (χ1n) is 5.49. The third-order valence-corrected chi connectivity index (χ3v) is 4.17. The molecule has 1 aromatic heterocycles. The lowest BCUT2D eigenvalue weighted by molar-refractivity contribution is 0.426. The van der Waals surface area contributed by atoms with E-state index >= 15 is 0 Å². The summed E-state index contributed by atoms with van der Waals surface area (Å²) >= 11 is 15.5. The van der Waals surface area contributed by atoms with Crippen LogP contribution in [0, 0.1) is 6.92 Å². The molecule has 0 amide bonds. The lowest BCUT2D eigenvalue weighted by Crippen LogP contribution is -2.01. The van der Waals surface area contributed by atoms with E-state index in [-0.39, 0.29) is 0 Å². The molecular weight excluding hydrogens is 353 g/mol. The summed E-state index contributed by atoms with van der Waals surface area (Å²) in [5, 5.41) is 5.25. The Morgan fingerprint density at radius 2 is 2.05 bits per heavy atom. The Bertz CT molecular complexity index is 628. The highest BCUT2D eigenvalue weighted by Gasteiger charge is 2.16. The number of nitrogens with zero attached hydrogens (tertiary/aromatic N) is 2. The van der Waals surface area contributed by atoms with Crippen LogP contribution in [0.1, 0.15) is 11.3 Å². The van der Waals surface area contributed by atoms with Gasteiger partial charge in [0.05, 0.1) is 21.3 Å². The summed E-state index contributed by atoms with van der Waals surface area (Å²) in [5.41, 5.74) is 7.39. The molecule has 1 heterocycles. The molecule has 1 aromatic carbocycles. The van der Waals surface area contributed by atoms with Crippen molar-refractivity contribution in [3.8, 4) is 11.6 Å². The van der Waals surface area contributed by atoms with Crippen molar-refractivity contribution >= 4 is 39.1 Å². The topological polar surface area (TPSA) is 53.1 Å². The maximum absolute atomic E-state index is 6.13. The largest absolute Gasteiger partial charge is 0.437 e. The molecule has 0 spiro atoms. The lowest BCUT2D eigenvalue weighted by atomic mass is 10.2. The SMILES string of the molecule is Cc1nn(C)c(Oc2cc(Cl)c(Br)cc2Cl)c1CN. The molecule has 4 nitrogen and oxygen atoms in total. The highest BCUT2D eigenvalue weighted by Crippen LogP contribution is 2.37. The maximum Gasteiger partial charge on any atom is 0.222 e. The second-order valence-corrected chi connectivity index (χ2v) is 5.66. The first kappa shape index (κ1) is 14.7. The standard InChI is InChI=1S/C12H12BrCl2N3O/c1-6-7(5-16)12(18(2)17-6)19-11-4-9(14)8(13)3-10(11)15/h3-4H,5,16H2,1-2H3. The fourth-order valence-electron chi connectivity index (χ4n) is 1.73. The molecule has 0 atom stereocenters. The number of ether oxygens (including phenoxy) is 1. The van der Waals surface area contributed by atoms with E-state index < -0.39 is 0 Å². The first-order chi connectivity index (χ1) is 8.93. The minimum absolute atomic E-state index is 0.344. The Morgan fingerprint density at radius 1 is 1.37 bits per heavy atom. The second kappa shape index (κ2) is 5.71. The van der Waals surface area contributed by atoms with Crippen LogP contribution in [0.4, 0.5) is 0 Å². The maximum atomic E-state index is 6.13. The molecule has 0 radical (unpaired) electrons. The normalized spacial score (nSPS) is 10.8. The van der Waals surface area contributed by atoms with E-state index in [2.05, 4.69) is 21.0 Å². The van der Waals surface area contributed by atoms with E-state index in [1.54, 1.807) is 23.9 Å². The van der Waals surface area contributed by atoms with Crippen molar-refractivity contribution in [3.05, 3.63) is 37.9 Å². The van der Waals surface area contributed by atoms with Gasteiger partial charge in [-0.15, -0.1) is 0 Å². The van der Waals surface area contributed by atoms with Gasteiger partial charge in [0.2, 0.25) is 5.88 Å². The van der Waals surface area contributed by atoms with E-state index in [0.717, 1.165) is 11.3 Å². The molecule has 2 rings (SSSR count). The molecule has 7 heteroatoms. The molecular formula is C12H12BrCl2N3O. The van der Waals surface area contributed by atoms with Gasteiger partial charge in [0.1, 0.15) is 5.75 Å². The number of halogens is 3. The number of nitrogens with two attached hydrogens (primary N) is 1. The van der Waals surface area contributed by atoms with Crippen molar-refractivity contribution in [1.82, 2.24) is 9.78 Å². The molecule has 0 aliphatic heterocycles. The van der Waals surface area contributed by atoms with Crippen molar-refractivity contribution in [2.75, 3.05) is 0 Å². The van der Waals surface area contributed by atoms with E-state index in [4.69, 9.17) is 33.7 Å². The third kappa shape index (κ3) is 2.89. The average molecular weight is 365 g/mol. The van der Waals surface area contributed by atoms with Crippen LogP contribution in [0.5, 0.6) is 11.6 Å². The van der Waals surface area contributed by atoms with Crippen LogP contribution < -0.4 is 10.5 Å². The Labute approximate surface area is 129 Å². The predicted molar refractivity (Wildman–Crippen MR) is 80.1 cm³/mol. The van der Waals surface area contributed by atoms with Crippen LogP contribution in [0.3, 0.4) is 0 Å². The first-order valence-corrected chi connectivity index (χ1v) is 7.04. The van der Waals surface area contributed by atoms with Crippen LogP contribution in [-0.2, 0) is 13.6 Å². The molecule has 2 N–H and O–H groups in total. The van der Waals surface area contributed by atoms with Gasteiger partial charge in [-0.05, 0) is 28.9 Å². The van der Waals surface area contributed by atoms with E-state index in [1.165, 1.54) is 0 Å². The summed E-state index contributed by atoms with van der Waals surface area (Å²) in [4.78, 5) is 0.